The second-order valence-corrected chi connectivity index (χ2v) is 7.31. The zero-order valence-electron chi connectivity index (χ0n) is 15.9. The van der Waals surface area contributed by atoms with Crippen LogP contribution in [-0.4, -0.2) is 29.6 Å². The smallest absolute Gasteiger partial charge is 0.332 e. The maximum atomic E-state index is 12.6. The summed E-state index contributed by atoms with van der Waals surface area (Å²) < 4.78 is 6.35. The van der Waals surface area contributed by atoms with E-state index in [0.717, 1.165) is 35.5 Å². The van der Waals surface area contributed by atoms with E-state index >= 15 is 0 Å². The van der Waals surface area contributed by atoms with Gasteiger partial charge in [-0.2, -0.15) is 4.98 Å². The van der Waals surface area contributed by atoms with Crippen molar-refractivity contribution in [3.8, 4) is 0 Å². The average Bonchev–Trinajstić information content (AvgIpc) is 3.17. The second-order valence-electron chi connectivity index (χ2n) is 6.87. The van der Waals surface area contributed by atoms with E-state index in [2.05, 4.69) is 14.9 Å². The molecule has 4 aromatic rings. The van der Waals surface area contributed by atoms with E-state index in [-0.39, 0.29) is 11.2 Å². The molecule has 8 nitrogen and oxygen atoms in total. The lowest BCUT2D eigenvalue weighted by Gasteiger charge is -2.08. The molecule has 0 fully saturated rings. The van der Waals surface area contributed by atoms with E-state index in [4.69, 9.17) is 11.6 Å². The first-order chi connectivity index (χ1) is 13.4. The van der Waals surface area contributed by atoms with Crippen molar-refractivity contribution in [2.45, 2.75) is 19.9 Å². The van der Waals surface area contributed by atoms with Gasteiger partial charge < -0.3 is 9.88 Å². The predicted molar refractivity (Wildman–Crippen MR) is 110 cm³/mol. The zero-order valence-corrected chi connectivity index (χ0v) is 16.7. The van der Waals surface area contributed by atoms with Crippen molar-refractivity contribution in [1.29, 1.82) is 0 Å². The molecule has 1 aromatic carbocycles. The third-order valence-electron chi connectivity index (χ3n) is 4.97. The van der Waals surface area contributed by atoms with E-state index in [0.29, 0.717) is 22.0 Å². The van der Waals surface area contributed by atoms with Crippen LogP contribution in [0.1, 0.15) is 12.1 Å². The predicted octanol–water partition coefficient (Wildman–Crippen LogP) is 2.15. The first-order valence-electron chi connectivity index (χ1n) is 9.02. The van der Waals surface area contributed by atoms with Crippen LogP contribution in [0.15, 0.2) is 40.1 Å². The molecule has 1 N–H and O–H groups in total. The van der Waals surface area contributed by atoms with Gasteiger partial charge in [0.2, 0.25) is 5.78 Å². The maximum Gasteiger partial charge on any atom is 0.332 e. The number of aryl methyl sites for hydroxylation is 3. The van der Waals surface area contributed by atoms with E-state index in [1.165, 1.54) is 11.6 Å². The van der Waals surface area contributed by atoms with Gasteiger partial charge in [-0.05, 0) is 31.5 Å². The molecule has 0 aliphatic rings. The molecule has 0 radical (unpaired) electrons. The molecule has 0 bridgehead atoms. The minimum absolute atomic E-state index is 0.342. The lowest BCUT2D eigenvalue weighted by atomic mass is 10.3. The highest BCUT2D eigenvalue weighted by Gasteiger charge is 2.18. The molecule has 9 heteroatoms. The van der Waals surface area contributed by atoms with Crippen LogP contribution in [0.5, 0.6) is 0 Å². The van der Waals surface area contributed by atoms with Gasteiger partial charge in [-0.3, -0.25) is 18.3 Å². The monoisotopic (exact) mass is 400 g/mol. The van der Waals surface area contributed by atoms with Crippen molar-refractivity contribution in [2.75, 3.05) is 11.9 Å². The van der Waals surface area contributed by atoms with Gasteiger partial charge in [-0.1, -0.05) is 17.7 Å². The molecule has 3 heterocycles. The van der Waals surface area contributed by atoms with Gasteiger partial charge in [-0.25, -0.2) is 4.79 Å². The zero-order chi connectivity index (χ0) is 20.0. The highest BCUT2D eigenvalue weighted by atomic mass is 35.5. The molecule has 28 heavy (non-hydrogen) atoms. The summed E-state index contributed by atoms with van der Waals surface area (Å²) in [6, 6.07) is 7.61. The van der Waals surface area contributed by atoms with Gasteiger partial charge in [0.15, 0.2) is 11.2 Å². The highest BCUT2D eigenvalue weighted by Crippen LogP contribution is 2.17. The summed E-state index contributed by atoms with van der Waals surface area (Å²) in [4.78, 5) is 29.4. The minimum atomic E-state index is -0.382. The molecule has 0 saturated carbocycles. The third-order valence-corrected chi connectivity index (χ3v) is 5.20. The molecule has 0 unspecified atom stereocenters. The molecule has 0 spiro atoms. The third kappa shape index (κ3) is 2.90. The first kappa shape index (κ1) is 18.4. The van der Waals surface area contributed by atoms with Gasteiger partial charge in [-0.15, -0.1) is 0 Å². The van der Waals surface area contributed by atoms with Gasteiger partial charge in [0.25, 0.3) is 5.56 Å². The molecule has 3 aromatic heterocycles. The SMILES string of the molecule is Cc1cn2c3c(=O)n(C)c(=O)n(C)c3nc2n1CCCNc1cccc(Cl)c1. The number of aromatic nitrogens is 5. The maximum absolute atomic E-state index is 12.6. The van der Waals surface area contributed by atoms with Crippen LogP contribution < -0.4 is 16.6 Å². The molecule has 0 saturated heterocycles. The second kappa shape index (κ2) is 6.87. The van der Waals surface area contributed by atoms with E-state index in [9.17, 15) is 9.59 Å². The lowest BCUT2D eigenvalue weighted by molar-refractivity contribution is 0.660. The molecular formula is C19H21ClN6O2. The minimum Gasteiger partial charge on any atom is -0.385 e. The van der Waals surface area contributed by atoms with Crippen LogP contribution in [-0.2, 0) is 20.6 Å². The number of halogens is 1. The number of nitrogens with one attached hydrogen (secondary N) is 1. The van der Waals surface area contributed by atoms with Gasteiger partial charge >= 0.3 is 5.69 Å². The number of fused-ring (bicyclic) bond motifs is 3. The largest absolute Gasteiger partial charge is 0.385 e. The topological polar surface area (TPSA) is 78.3 Å². The first-order valence-corrected chi connectivity index (χ1v) is 9.39. The van der Waals surface area contributed by atoms with Crippen LogP contribution in [0.2, 0.25) is 5.02 Å². The normalized spacial score (nSPS) is 11.6. The van der Waals surface area contributed by atoms with Crippen molar-refractivity contribution in [1.82, 2.24) is 23.1 Å². The fraction of sp³-hybridized carbons (Fsp3) is 0.316. The lowest BCUT2D eigenvalue weighted by Crippen LogP contribution is -2.37. The standard InChI is InChI=1S/C19H21ClN6O2/c1-12-11-26-15-16(23(2)19(28)24(3)17(15)27)22-18(26)25(12)9-5-8-21-14-7-4-6-13(20)10-14/h4,6-7,10-11,21H,5,8-9H2,1-3H3. The van der Waals surface area contributed by atoms with Crippen LogP contribution in [0.25, 0.3) is 16.9 Å². The summed E-state index contributed by atoms with van der Waals surface area (Å²) in [5, 5.41) is 4.05. The Hall–Kier alpha value is -3.00. The van der Waals surface area contributed by atoms with E-state index < -0.39 is 0 Å². The Morgan fingerprint density at radius 2 is 1.96 bits per heavy atom. The van der Waals surface area contributed by atoms with Crippen molar-refractivity contribution in [3.63, 3.8) is 0 Å². The molecule has 0 aliphatic carbocycles. The Morgan fingerprint density at radius 3 is 2.71 bits per heavy atom. The fourth-order valence-electron chi connectivity index (χ4n) is 3.47. The summed E-state index contributed by atoms with van der Waals surface area (Å²) in [6.45, 7) is 3.48. The van der Waals surface area contributed by atoms with Crippen molar-refractivity contribution in [2.24, 2.45) is 14.1 Å². The molecule has 0 amide bonds. The van der Waals surface area contributed by atoms with Gasteiger partial charge in [0.05, 0.1) is 0 Å². The number of anilines is 1. The fourth-order valence-corrected chi connectivity index (χ4v) is 3.67. The molecule has 0 atom stereocenters. The van der Waals surface area contributed by atoms with Gasteiger partial charge in [0.1, 0.15) is 0 Å². The van der Waals surface area contributed by atoms with Crippen LogP contribution in [0.3, 0.4) is 0 Å². The van der Waals surface area contributed by atoms with Crippen LogP contribution >= 0.6 is 11.6 Å². The van der Waals surface area contributed by atoms with E-state index in [1.54, 1.807) is 11.4 Å². The quantitative estimate of drug-likeness (QED) is 0.521. The number of hydrogen-bond donors (Lipinski definition) is 1. The summed E-state index contributed by atoms with van der Waals surface area (Å²) in [6.07, 6.45) is 2.75. The molecular weight excluding hydrogens is 380 g/mol. The molecule has 146 valence electrons. The highest BCUT2D eigenvalue weighted by molar-refractivity contribution is 6.30. The van der Waals surface area contributed by atoms with Crippen molar-refractivity contribution < 1.29 is 0 Å². The number of benzene rings is 1. The number of rotatable bonds is 5. The summed E-state index contributed by atoms with van der Waals surface area (Å²) >= 11 is 6.00. The number of nitrogens with zero attached hydrogens (tertiary/aromatic N) is 5. The van der Waals surface area contributed by atoms with E-state index in [1.807, 2.05) is 37.4 Å². The van der Waals surface area contributed by atoms with Crippen molar-refractivity contribution in [3.05, 3.63) is 62.0 Å². The van der Waals surface area contributed by atoms with Crippen molar-refractivity contribution >= 4 is 34.2 Å². The Balaban J connectivity index is 1.63. The van der Waals surface area contributed by atoms with Crippen LogP contribution in [0.4, 0.5) is 5.69 Å². The molecule has 0 aliphatic heterocycles. The van der Waals surface area contributed by atoms with Crippen LogP contribution in [0, 0.1) is 6.92 Å². The Kier molecular flexibility index (Phi) is 4.50. The summed E-state index contributed by atoms with van der Waals surface area (Å²) in [5.74, 6) is 0.661. The molecule has 4 rings (SSSR count). The Bertz CT molecular complexity index is 1310. The Labute approximate surface area is 165 Å². The average molecular weight is 401 g/mol. The summed E-state index contributed by atoms with van der Waals surface area (Å²) in [5.41, 5.74) is 2.07. The number of imidazole rings is 2. The van der Waals surface area contributed by atoms with Gasteiger partial charge in [0, 0.05) is 49.8 Å². The summed E-state index contributed by atoms with van der Waals surface area (Å²) in [7, 11) is 3.11. The number of hydrogen-bond acceptors (Lipinski definition) is 4. The Morgan fingerprint density at radius 1 is 1.18 bits per heavy atom.